The number of esters is 1. The van der Waals surface area contributed by atoms with Gasteiger partial charge in [-0.3, -0.25) is 4.79 Å². The highest BCUT2D eigenvalue weighted by Crippen LogP contribution is 2.43. The molecule has 5 heteroatoms. The molecular formula is C28H33F3O2. The number of carbonyl (C=O) groups is 1. The monoisotopic (exact) mass is 458 g/mol. The van der Waals surface area contributed by atoms with Crippen molar-refractivity contribution in [2.24, 2.45) is 23.7 Å². The van der Waals surface area contributed by atoms with Crippen LogP contribution in [0.25, 0.3) is 0 Å². The Morgan fingerprint density at radius 3 is 2.00 bits per heavy atom. The van der Waals surface area contributed by atoms with E-state index in [4.69, 9.17) is 4.74 Å². The average molecular weight is 459 g/mol. The third kappa shape index (κ3) is 5.99. The van der Waals surface area contributed by atoms with E-state index in [0.717, 1.165) is 49.7 Å². The van der Waals surface area contributed by atoms with E-state index < -0.39 is 23.4 Å². The van der Waals surface area contributed by atoms with Gasteiger partial charge in [-0.2, -0.15) is 0 Å². The Morgan fingerprint density at radius 2 is 1.42 bits per heavy atom. The van der Waals surface area contributed by atoms with Crippen LogP contribution in [0.15, 0.2) is 42.5 Å². The van der Waals surface area contributed by atoms with Gasteiger partial charge in [-0.05, 0) is 74.2 Å². The summed E-state index contributed by atoms with van der Waals surface area (Å²) in [6.07, 6.45) is 9.79. The van der Waals surface area contributed by atoms with Crippen molar-refractivity contribution >= 4 is 5.97 Å². The van der Waals surface area contributed by atoms with Gasteiger partial charge in [0, 0.05) is 12.1 Å². The summed E-state index contributed by atoms with van der Waals surface area (Å²) in [4.78, 5) is 12.5. The van der Waals surface area contributed by atoms with E-state index in [0.29, 0.717) is 11.8 Å². The molecule has 0 radical (unpaired) electrons. The van der Waals surface area contributed by atoms with Crippen molar-refractivity contribution in [1.29, 1.82) is 0 Å². The molecule has 33 heavy (non-hydrogen) atoms. The standard InChI is InChI=1S/C28H33F3O2/c1-18(20-5-3-2-4-6-20)15-19-7-9-21(10-8-19)22-11-13-23(14-12-22)28(32)33-24-16-25(29)27(31)26(30)17-24/h2-6,16-19,21-23H,7-15H2,1H3. The summed E-state index contributed by atoms with van der Waals surface area (Å²) in [6.45, 7) is 2.33. The van der Waals surface area contributed by atoms with Gasteiger partial charge in [-0.1, -0.05) is 50.1 Å². The molecule has 1 unspecified atom stereocenters. The largest absolute Gasteiger partial charge is 0.426 e. The van der Waals surface area contributed by atoms with Crippen molar-refractivity contribution in [2.75, 3.05) is 0 Å². The summed E-state index contributed by atoms with van der Waals surface area (Å²) in [7, 11) is 0. The Kier molecular flexibility index (Phi) is 7.77. The van der Waals surface area contributed by atoms with Crippen LogP contribution in [0, 0.1) is 41.1 Å². The first kappa shape index (κ1) is 23.8. The highest BCUT2D eigenvalue weighted by molar-refractivity contribution is 5.75. The number of hydrogen-bond donors (Lipinski definition) is 0. The number of carbonyl (C=O) groups excluding carboxylic acids is 1. The molecule has 0 spiro atoms. The quantitative estimate of drug-likeness (QED) is 0.251. The SMILES string of the molecule is CC(CC1CCC(C2CCC(C(=O)Oc3cc(F)c(F)c(F)c3)CC2)CC1)c1ccccc1. The van der Waals surface area contributed by atoms with Gasteiger partial charge in [0.05, 0.1) is 5.92 Å². The van der Waals surface area contributed by atoms with Gasteiger partial charge in [0.15, 0.2) is 17.5 Å². The highest BCUT2D eigenvalue weighted by Gasteiger charge is 2.34. The summed E-state index contributed by atoms with van der Waals surface area (Å²) < 4.78 is 45.0. The second-order valence-corrected chi connectivity index (χ2v) is 10.1. The van der Waals surface area contributed by atoms with Gasteiger partial charge < -0.3 is 4.74 Å². The molecule has 1 atom stereocenters. The maximum absolute atomic E-state index is 13.4. The minimum atomic E-state index is -1.56. The first-order chi connectivity index (χ1) is 15.9. The van der Waals surface area contributed by atoms with Crippen molar-refractivity contribution in [3.63, 3.8) is 0 Å². The molecule has 2 aromatic carbocycles. The number of ether oxygens (including phenoxy) is 1. The van der Waals surface area contributed by atoms with Gasteiger partial charge in [0.1, 0.15) is 5.75 Å². The second-order valence-electron chi connectivity index (χ2n) is 10.1. The molecule has 0 amide bonds. The topological polar surface area (TPSA) is 26.3 Å². The molecule has 0 aliphatic heterocycles. The van der Waals surface area contributed by atoms with E-state index in [9.17, 15) is 18.0 Å². The molecular weight excluding hydrogens is 425 g/mol. The third-order valence-electron chi connectivity index (χ3n) is 7.89. The number of rotatable bonds is 6. The lowest BCUT2D eigenvalue weighted by molar-refractivity contribution is -0.140. The minimum absolute atomic E-state index is 0.263. The van der Waals surface area contributed by atoms with Crippen LogP contribution in [0.2, 0.25) is 0 Å². The summed E-state index contributed by atoms with van der Waals surface area (Å²) in [5, 5.41) is 0. The number of benzene rings is 2. The van der Waals surface area contributed by atoms with E-state index in [1.165, 1.54) is 37.7 Å². The summed E-state index contributed by atoms with van der Waals surface area (Å²) in [5.41, 5.74) is 1.43. The van der Waals surface area contributed by atoms with Gasteiger partial charge in [-0.15, -0.1) is 0 Å². The Balaban J connectivity index is 1.21. The molecule has 4 rings (SSSR count). The van der Waals surface area contributed by atoms with Crippen LogP contribution < -0.4 is 4.74 Å². The lowest BCUT2D eigenvalue weighted by Gasteiger charge is -2.38. The molecule has 2 aliphatic carbocycles. The fourth-order valence-corrected chi connectivity index (χ4v) is 5.93. The lowest BCUT2D eigenvalue weighted by Crippen LogP contribution is -2.30. The van der Waals surface area contributed by atoms with E-state index in [1.807, 2.05) is 0 Å². The first-order valence-electron chi connectivity index (χ1n) is 12.3. The minimum Gasteiger partial charge on any atom is -0.426 e. The summed E-state index contributed by atoms with van der Waals surface area (Å²) in [5.74, 6) is -2.52. The highest BCUT2D eigenvalue weighted by atomic mass is 19.2. The Morgan fingerprint density at radius 1 is 0.879 bits per heavy atom. The lowest BCUT2D eigenvalue weighted by atomic mass is 9.68. The van der Waals surface area contributed by atoms with E-state index in [-0.39, 0.29) is 11.7 Å². The average Bonchev–Trinajstić information content (AvgIpc) is 2.83. The zero-order valence-corrected chi connectivity index (χ0v) is 19.2. The van der Waals surface area contributed by atoms with Crippen molar-refractivity contribution in [3.05, 3.63) is 65.5 Å². The van der Waals surface area contributed by atoms with Crippen molar-refractivity contribution < 1.29 is 22.7 Å². The van der Waals surface area contributed by atoms with Crippen LogP contribution >= 0.6 is 0 Å². The molecule has 0 N–H and O–H groups in total. The third-order valence-corrected chi connectivity index (χ3v) is 7.89. The van der Waals surface area contributed by atoms with E-state index in [2.05, 4.69) is 37.3 Å². The van der Waals surface area contributed by atoms with Crippen molar-refractivity contribution in [2.45, 2.75) is 70.6 Å². The fraction of sp³-hybridized carbons (Fsp3) is 0.536. The van der Waals surface area contributed by atoms with Crippen molar-refractivity contribution in [3.8, 4) is 5.75 Å². The number of halogens is 3. The van der Waals surface area contributed by atoms with Crippen LogP contribution in [0.1, 0.15) is 76.2 Å². The van der Waals surface area contributed by atoms with Gasteiger partial charge in [-0.25, -0.2) is 13.2 Å². The van der Waals surface area contributed by atoms with E-state index in [1.54, 1.807) is 0 Å². The van der Waals surface area contributed by atoms with Crippen LogP contribution in [0.3, 0.4) is 0 Å². The van der Waals surface area contributed by atoms with E-state index >= 15 is 0 Å². The molecule has 2 aliphatic rings. The van der Waals surface area contributed by atoms with Gasteiger partial charge in [0.2, 0.25) is 0 Å². The Bertz CT molecular complexity index is 906. The molecule has 2 nitrogen and oxygen atoms in total. The summed E-state index contributed by atoms with van der Waals surface area (Å²) in [6, 6.07) is 12.2. The van der Waals surface area contributed by atoms with Crippen LogP contribution in [-0.2, 0) is 4.79 Å². The maximum Gasteiger partial charge on any atom is 0.314 e. The normalized spacial score (nSPS) is 26.5. The fourth-order valence-electron chi connectivity index (χ4n) is 5.93. The van der Waals surface area contributed by atoms with Crippen LogP contribution in [-0.4, -0.2) is 5.97 Å². The smallest absolute Gasteiger partial charge is 0.314 e. The molecule has 2 aromatic rings. The zero-order chi connectivity index (χ0) is 23.4. The predicted molar refractivity (Wildman–Crippen MR) is 122 cm³/mol. The van der Waals surface area contributed by atoms with Gasteiger partial charge >= 0.3 is 5.97 Å². The zero-order valence-electron chi connectivity index (χ0n) is 19.2. The van der Waals surface area contributed by atoms with Gasteiger partial charge in [0.25, 0.3) is 0 Å². The van der Waals surface area contributed by atoms with Crippen molar-refractivity contribution in [1.82, 2.24) is 0 Å². The second kappa shape index (κ2) is 10.8. The molecule has 0 saturated heterocycles. The molecule has 2 saturated carbocycles. The Labute approximate surface area is 194 Å². The molecule has 2 fully saturated rings. The number of hydrogen-bond acceptors (Lipinski definition) is 2. The molecule has 0 bridgehead atoms. The van der Waals surface area contributed by atoms with Crippen LogP contribution in [0.4, 0.5) is 13.2 Å². The van der Waals surface area contributed by atoms with Crippen LogP contribution in [0.5, 0.6) is 5.75 Å². The molecule has 0 aromatic heterocycles. The predicted octanol–water partition coefficient (Wildman–Crippen LogP) is 7.82. The first-order valence-corrected chi connectivity index (χ1v) is 12.3. The molecule has 178 valence electrons. The maximum atomic E-state index is 13.4. The Hall–Kier alpha value is -2.30. The molecule has 0 heterocycles. The summed E-state index contributed by atoms with van der Waals surface area (Å²) >= 11 is 0.